The van der Waals surface area contributed by atoms with E-state index < -0.39 is 0 Å². The summed E-state index contributed by atoms with van der Waals surface area (Å²) in [7, 11) is 0. The molecular formula is C17H23N5O. The maximum absolute atomic E-state index is 12.1. The molecule has 0 radical (unpaired) electrons. The number of anilines is 1. The second kappa shape index (κ2) is 7.37. The molecule has 23 heavy (non-hydrogen) atoms. The fourth-order valence-corrected chi connectivity index (χ4v) is 3.04. The number of nitrogens with zero attached hydrogens (tertiary/aromatic N) is 4. The molecular weight excluding hydrogens is 290 g/mol. The molecule has 6 heteroatoms. The highest BCUT2D eigenvalue weighted by atomic mass is 16.2. The van der Waals surface area contributed by atoms with Crippen LogP contribution in [0.2, 0.25) is 0 Å². The van der Waals surface area contributed by atoms with Gasteiger partial charge in [-0.25, -0.2) is 4.98 Å². The average Bonchev–Trinajstić information content (AvgIpc) is 2.95. The number of likely N-dealkylation sites (tertiary alicyclic amines) is 1. The molecule has 0 unspecified atom stereocenters. The summed E-state index contributed by atoms with van der Waals surface area (Å²) >= 11 is 0. The number of pyridine rings is 1. The highest BCUT2D eigenvalue weighted by Crippen LogP contribution is 2.19. The second-order valence-corrected chi connectivity index (χ2v) is 6.14. The number of carbonyl (C=O) groups is 1. The Bertz CT molecular complexity index is 631. The van der Waals surface area contributed by atoms with Gasteiger partial charge in [-0.15, -0.1) is 0 Å². The Labute approximate surface area is 136 Å². The van der Waals surface area contributed by atoms with E-state index >= 15 is 0 Å². The first-order valence-corrected chi connectivity index (χ1v) is 8.10. The summed E-state index contributed by atoms with van der Waals surface area (Å²) in [5.74, 6) is 1.77. The quantitative estimate of drug-likeness (QED) is 0.916. The number of imidazole rings is 1. The molecule has 2 aromatic heterocycles. The largest absolute Gasteiger partial charge is 0.335 e. The summed E-state index contributed by atoms with van der Waals surface area (Å²) in [6.07, 6.45) is 9.51. The molecule has 3 rings (SSSR count). The van der Waals surface area contributed by atoms with Crippen LogP contribution in [0.15, 0.2) is 36.9 Å². The van der Waals surface area contributed by atoms with Gasteiger partial charge in [-0.1, -0.05) is 0 Å². The molecule has 1 amide bonds. The van der Waals surface area contributed by atoms with E-state index in [0.717, 1.165) is 44.0 Å². The van der Waals surface area contributed by atoms with Crippen LogP contribution in [-0.2, 0) is 11.3 Å². The monoisotopic (exact) mass is 313 g/mol. The molecule has 6 nitrogen and oxygen atoms in total. The molecule has 1 aliphatic heterocycles. The molecule has 1 aliphatic rings. The second-order valence-electron chi connectivity index (χ2n) is 6.14. The minimum Gasteiger partial charge on any atom is -0.335 e. The Morgan fingerprint density at radius 3 is 2.83 bits per heavy atom. The van der Waals surface area contributed by atoms with Gasteiger partial charge in [0.2, 0.25) is 5.91 Å². The van der Waals surface area contributed by atoms with Crippen molar-refractivity contribution in [2.75, 3.05) is 25.0 Å². The maximum Gasteiger partial charge on any atom is 0.238 e. The number of aromatic nitrogens is 3. The molecule has 2 aromatic rings. The standard InChI is InChI=1S/C17H23N5O/c1-14-19-7-10-22(14)12-15-4-8-21(9-5-15)13-17(23)20-16-3-2-6-18-11-16/h2-3,6-7,10-11,15H,4-5,8-9,12-13H2,1H3,(H,20,23). The third-order valence-corrected chi connectivity index (χ3v) is 4.40. The number of piperidine rings is 1. The summed E-state index contributed by atoms with van der Waals surface area (Å²) in [5, 5.41) is 2.89. The van der Waals surface area contributed by atoms with Crippen LogP contribution in [0.5, 0.6) is 0 Å². The summed E-state index contributed by atoms with van der Waals surface area (Å²) in [5.41, 5.74) is 0.753. The van der Waals surface area contributed by atoms with E-state index in [0.29, 0.717) is 12.5 Å². The van der Waals surface area contributed by atoms with Gasteiger partial charge in [0.25, 0.3) is 0 Å². The van der Waals surface area contributed by atoms with Crippen molar-refractivity contribution in [1.29, 1.82) is 0 Å². The number of carbonyl (C=O) groups excluding carboxylic acids is 1. The minimum absolute atomic E-state index is 0.0295. The fourth-order valence-electron chi connectivity index (χ4n) is 3.04. The van der Waals surface area contributed by atoms with Crippen LogP contribution in [0.4, 0.5) is 5.69 Å². The first-order chi connectivity index (χ1) is 11.2. The van der Waals surface area contributed by atoms with E-state index in [4.69, 9.17) is 0 Å². The van der Waals surface area contributed by atoms with Crippen molar-refractivity contribution in [2.45, 2.75) is 26.3 Å². The van der Waals surface area contributed by atoms with E-state index in [-0.39, 0.29) is 5.91 Å². The van der Waals surface area contributed by atoms with Gasteiger partial charge >= 0.3 is 0 Å². The molecule has 0 aromatic carbocycles. The number of hydrogen-bond donors (Lipinski definition) is 1. The van der Waals surface area contributed by atoms with Gasteiger partial charge in [-0.3, -0.25) is 14.7 Å². The Balaban J connectivity index is 1.42. The van der Waals surface area contributed by atoms with Crippen LogP contribution in [0.3, 0.4) is 0 Å². The van der Waals surface area contributed by atoms with Gasteiger partial charge in [0.15, 0.2) is 0 Å². The van der Waals surface area contributed by atoms with Crippen LogP contribution in [0.25, 0.3) is 0 Å². The number of amides is 1. The Hall–Kier alpha value is -2.21. The van der Waals surface area contributed by atoms with Crippen LogP contribution in [0.1, 0.15) is 18.7 Å². The number of rotatable bonds is 5. The highest BCUT2D eigenvalue weighted by Gasteiger charge is 2.21. The molecule has 0 saturated carbocycles. The molecule has 1 fully saturated rings. The number of nitrogens with one attached hydrogen (secondary N) is 1. The maximum atomic E-state index is 12.1. The van der Waals surface area contributed by atoms with Crippen molar-refractivity contribution in [2.24, 2.45) is 5.92 Å². The van der Waals surface area contributed by atoms with E-state index in [1.54, 1.807) is 12.4 Å². The topological polar surface area (TPSA) is 63.1 Å². The predicted octanol–water partition coefficient (Wildman–Crippen LogP) is 1.94. The zero-order chi connectivity index (χ0) is 16.1. The Morgan fingerprint density at radius 2 is 2.17 bits per heavy atom. The lowest BCUT2D eigenvalue weighted by molar-refractivity contribution is -0.117. The predicted molar refractivity (Wildman–Crippen MR) is 89.0 cm³/mol. The van der Waals surface area contributed by atoms with E-state index in [9.17, 15) is 4.79 Å². The highest BCUT2D eigenvalue weighted by molar-refractivity contribution is 5.92. The first kappa shape index (κ1) is 15.7. The molecule has 0 spiro atoms. The molecule has 0 atom stereocenters. The summed E-state index contributed by atoms with van der Waals surface area (Å²) in [6, 6.07) is 3.67. The lowest BCUT2D eigenvalue weighted by Crippen LogP contribution is -2.40. The SMILES string of the molecule is Cc1nccn1CC1CCN(CC(=O)Nc2cccnc2)CC1. The first-order valence-electron chi connectivity index (χ1n) is 8.10. The van der Waals surface area contributed by atoms with Crippen molar-refractivity contribution in [3.63, 3.8) is 0 Å². The van der Waals surface area contributed by atoms with E-state index in [2.05, 4.69) is 24.8 Å². The third-order valence-electron chi connectivity index (χ3n) is 4.40. The molecule has 1 N–H and O–H groups in total. The zero-order valence-corrected chi connectivity index (χ0v) is 13.5. The van der Waals surface area contributed by atoms with Crippen LogP contribution in [-0.4, -0.2) is 45.0 Å². The van der Waals surface area contributed by atoms with Crippen molar-refractivity contribution in [1.82, 2.24) is 19.4 Å². The van der Waals surface area contributed by atoms with Gasteiger partial charge in [0, 0.05) is 25.1 Å². The lowest BCUT2D eigenvalue weighted by atomic mass is 9.96. The van der Waals surface area contributed by atoms with Gasteiger partial charge in [-0.05, 0) is 50.9 Å². The molecule has 122 valence electrons. The van der Waals surface area contributed by atoms with Crippen LogP contribution >= 0.6 is 0 Å². The van der Waals surface area contributed by atoms with Gasteiger partial charge in [-0.2, -0.15) is 0 Å². The number of hydrogen-bond acceptors (Lipinski definition) is 4. The summed E-state index contributed by atoms with van der Waals surface area (Å²) in [4.78, 5) is 22.6. The van der Waals surface area contributed by atoms with Crippen LogP contribution < -0.4 is 5.32 Å². The van der Waals surface area contributed by atoms with Crippen molar-refractivity contribution in [3.05, 3.63) is 42.7 Å². The van der Waals surface area contributed by atoms with Gasteiger partial charge < -0.3 is 9.88 Å². The normalized spacial score (nSPS) is 16.4. The molecule has 1 saturated heterocycles. The molecule has 0 aliphatic carbocycles. The fraction of sp³-hybridized carbons (Fsp3) is 0.471. The average molecular weight is 313 g/mol. The van der Waals surface area contributed by atoms with Gasteiger partial charge in [0.1, 0.15) is 5.82 Å². The minimum atomic E-state index is 0.0295. The Morgan fingerprint density at radius 1 is 1.35 bits per heavy atom. The number of aryl methyl sites for hydroxylation is 1. The van der Waals surface area contributed by atoms with E-state index in [1.807, 2.05) is 31.5 Å². The molecule has 3 heterocycles. The van der Waals surface area contributed by atoms with Crippen molar-refractivity contribution in [3.8, 4) is 0 Å². The van der Waals surface area contributed by atoms with E-state index in [1.165, 1.54) is 0 Å². The smallest absolute Gasteiger partial charge is 0.238 e. The lowest BCUT2D eigenvalue weighted by Gasteiger charge is -2.31. The zero-order valence-electron chi connectivity index (χ0n) is 13.5. The van der Waals surface area contributed by atoms with Crippen molar-refractivity contribution < 1.29 is 4.79 Å². The Kier molecular flexibility index (Phi) is 5.02. The summed E-state index contributed by atoms with van der Waals surface area (Å²) in [6.45, 7) is 5.46. The van der Waals surface area contributed by atoms with Crippen molar-refractivity contribution >= 4 is 11.6 Å². The van der Waals surface area contributed by atoms with Gasteiger partial charge in [0.05, 0.1) is 18.4 Å². The third kappa shape index (κ3) is 4.39. The summed E-state index contributed by atoms with van der Waals surface area (Å²) < 4.78 is 2.22. The van der Waals surface area contributed by atoms with Crippen LogP contribution in [0, 0.1) is 12.8 Å². The molecule has 0 bridgehead atoms.